The third kappa shape index (κ3) is 1.36. The Kier molecular flexibility index (Phi) is 2.50. The molecule has 0 amide bonds. The van der Waals surface area contributed by atoms with Gasteiger partial charge in [0.2, 0.25) is 0 Å². The molecule has 4 fully saturated rings. The molecule has 8 atom stereocenters. The molecule has 5 aliphatic rings. The van der Waals surface area contributed by atoms with Crippen LogP contribution in [0.25, 0.3) is 0 Å². The SMILES string of the molecule is C=C1C[C@]23C[C@@]1(O)CC[C@H]2[C@@]12C=C[C@@H](O)[C@@](C)(C(=O)O1)[C@@H]2[C@H]3C(=O)O. The lowest BCUT2D eigenvalue weighted by atomic mass is 9.61. The molecule has 6 heteroatoms. The number of hydrogen-bond acceptors (Lipinski definition) is 5. The van der Waals surface area contributed by atoms with E-state index in [2.05, 4.69) is 6.58 Å². The molecule has 5 rings (SSSR count). The number of rotatable bonds is 1. The number of aliphatic carboxylic acids is 1. The average molecular weight is 346 g/mol. The van der Waals surface area contributed by atoms with E-state index < -0.39 is 51.9 Å². The van der Waals surface area contributed by atoms with E-state index in [1.807, 2.05) is 0 Å². The molecule has 0 radical (unpaired) electrons. The monoisotopic (exact) mass is 346 g/mol. The van der Waals surface area contributed by atoms with Crippen molar-refractivity contribution in [3.8, 4) is 0 Å². The fourth-order valence-electron chi connectivity index (χ4n) is 7.13. The first-order valence-corrected chi connectivity index (χ1v) is 8.86. The molecule has 3 saturated carbocycles. The number of carbonyl (C=O) groups is 2. The van der Waals surface area contributed by atoms with Crippen LogP contribution < -0.4 is 0 Å². The van der Waals surface area contributed by atoms with Crippen molar-refractivity contribution >= 4 is 11.9 Å². The molecule has 1 spiro atoms. The fourth-order valence-corrected chi connectivity index (χ4v) is 7.13. The summed E-state index contributed by atoms with van der Waals surface area (Å²) in [6.45, 7) is 5.64. The van der Waals surface area contributed by atoms with Gasteiger partial charge in [0.25, 0.3) is 0 Å². The van der Waals surface area contributed by atoms with Crippen molar-refractivity contribution in [3.63, 3.8) is 0 Å². The van der Waals surface area contributed by atoms with Crippen molar-refractivity contribution in [2.75, 3.05) is 0 Å². The zero-order valence-electron chi connectivity index (χ0n) is 14.1. The minimum absolute atomic E-state index is 0.180. The molecule has 0 unspecified atom stereocenters. The maximum Gasteiger partial charge on any atom is 0.316 e. The first-order valence-electron chi connectivity index (χ1n) is 8.86. The normalized spacial score (nSPS) is 58.0. The maximum absolute atomic E-state index is 12.7. The topological polar surface area (TPSA) is 104 Å². The van der Waals surface area contributed by atoms with E-state index in [0.717, 1.165) is 0 Å². The third-order valence-corrected chi connectivity index (χ3v) is 8.12. The van der Waals surface area contributed by atoms with Gasteiger partial charge in [0.05, 0.1) is 17.6 Å². The van der Waals surface area contributed by atoms with Gasteiger partial charge in [0.15, 0.2) is 0 Å². The third-order valence-electron chi connectivity index (χ3n) is 8.12. The Morgan fingerprint density at radius 1 is 1.44 bits per heavy atom. The van der Waals surface area contributed by atoms with Crippen LogP contribution in [0.4, 0.5) is 0 Å². The summed E-state index contributed by atoms with van der Waals surface area (Å²) in [5.74, 6) is -3.18. The molecule has 134 valence electrons. The summed E-state index contributed by atoms with van der Waals surface area (Å²) in [5, 5.41) is 31.6. The second kappa shape index (κ2) is 4.01. The number of carboxylic acids is 1. The first-order chi connectivity index (χ1) is 11.6. The molecule has 1 heterocycles. The lowest BCUT2D eigenvalue weighted by molar-refractivity contribution is -0.163. The second-order valence-electron chi connectivity index (χ2n) is 8.94. The predicted molar refractivity (Wildman–Crippen MR) is 85.2 cm³/mol. The molecule has 4 bridgehead atoms. The molecule has 3 N–H and O–H groups in total. The number of aliphatic hydroxyl groups excluding tert-OH is 1. The summed E-state index contributed by atoms with van der Waals surface area (Å²) < 4.78 is 5.87. The van der Waals surface area contributed by atoms with Crippen LogP contribution >= 0.6 is 0 Å². The van der Waals surface area contributed by atoms with Gasteiger partial charge in [-0.1, -0.05) is 12.7 Å². The van der Waals surface area contributed by atoms with Crippen LogP contribution in [0, 0.1) is 28.6 Å². The van der Waals surface area contributed by atoms with E-state index in [1.54, 1.807) is 19.1 Å². The Hall–Kier alpha value is -1.66. The Morgan fingerprint density at radius 3 is 2.84 bits per heavy atom. The highest BCUT2D eigenvalue weighted by Crippen LogP contribution is 2.77. The van der Waals surface area contributed by atoms with Gasteiger partial charge in [-0.05, 0) is 49.7 Å². The standard InChI is InChI=1S/C19H22O6/c1-9-7-17-8-18(9,24)5-3-10(17)19-6-4-11(20)16(2,15(23)25-19)13(19)12(17)14(21)22/h4,6,10-13,20,24H,1,3,5,7-8H2,2H3,(H,21,22)/t10-,11-,12+,13+,16-,17+,18+,19-/m1/s1. The molecule has 0 aromatic carbocycles. The molecule has 0 aromatic heterocycles. The Labute approximate surface area is 145 Å². The number of aliphatic hydroxyl groups is 2. The smallest absolute Gasteiger partial charge is 0.316 e. The lowest BCUT2D eigenvalue weighted by Gasteiger charge is -2.44. The molecule has 25 heavy (non-hydrogen) atoms. The van der Waals surface area contributed by atoms with Crippen molar-refractivity contribution in [3.05, 3.63) is 24.3 Å². The summed E-state index contributed by atoms with van der Waals surface area (Å²) in [7, 11) is 0. The van der Waals surface area contributed by atoms with Crippen molar-refractivity contribution in [1.29, 1.82) is 0 Å². The summed E-state index contributed by atoms with van der Waals surface area (Å²) in [5.41, 5.74) is -3.29. The van der Waals surface area contributed by atoms with Gasteiger partial charge in [0, 0.05) is 11.8 Å². The van der Waals surface area contributed by atoms with E-state index >= 15 is 0 Å². The Balaban J connectivity index is 1.78. The van der Waals surface area contributed by atoms with E-state index in [4.69, 9.17) is 4.74 Å². The molecule has 4 aliphatic carbocycles. The van der Waals surface area contributed by atoms with E-state index in [9.17, 15) is 24.9 Å². The van der Waals surface area contributed by atoms with E-state index in [0.29, 0.717) is 31.3 Å². The van der Waals surface area contributed by atoms with E-state index in [1.165, 1.54) is 0 Å². The van der Waals surface area contributed by atoms with Crippen LogP contribution in [0.3, 0.4) is 0 Å². The number of ether oxygens (including phenoxy) is 1. The highest BCUT2D eigenvalue weighted by Gasteiger charge is 2.83. The Morgan fingerprint density at radius 2 is 2.16 bits per heavy atom. The number of hydrogen-bond donors (Lipinski definition) is 3. The average Bonchev–Trinajstić information content (AvgIpc) is 2.95. The van der Waals surface area contributed by atoms with Crippen molar-refractivity contribution in [2.24, 2.45) is 28.6 Å². The van der Waals surface area contributed by atoms with Gasteiger partial charge in [-0.15, -0.1) is 0 Å². The molecular formula is C19H22O6. The summed E-state index contributed by atoms with van der Waals surface area (Å²) in [6, 6.07) is 0. The van der Waals surface area contributed by atoms with Crippen molar-refractivity contribution < 1.29 is 29.6 Å². The number of carboxylic acid groups (broad SMARTS) is 1. The lowest BCUT2D eigenvalue weighted by Crippen LogP contribution is -2.50. The highest BCUT2D eigenvalue weighted by atomic mass is 16.6. The van der Waals surface area contributed by atoms with Crippen LogP contribution in [0.15, 0.2) is 24.3 Å². The van der Waals surface area contributed by atoms with Gasteiger partial charge in [0.1, 0.15) is 11.0 Å². The highest BCUT2D eigenvalue weighted by molar-refractivity contribution is 5.86. The molecule has 1 aliphatic heterocycles. The van der Waals surface area contributed by atoms with Crippen LogP contribution in [-0.4, -0.2) is 44.6 Å². The minimum atomic E-state index is -1.27. The predicted octanol–water partition coefficient (Wildman–Crippen LogP) is 1.03. The first kappa shape index (κ1) is 15.6. The van der Waals surface area contributed by atoms with Crippen LogP contribution in [0.1, 0.15) is 32.6 Å². The van der Waals surface area contributed by atoms with Crippen LogP contribution in [0.2, 0.25) is 0 Å². The number of carbonyl (C=O) groups excluding carboxylic acids is 1. The van der Waals surface area contributed by atoms with Gasteiger partial charge in [-0.3, -0.25) is 9.59 Å². The fraction of sp³-hybridized carbons (Fsp3) is 0.684. The Bertz CT molecular complexity index is 772. The van der Waals surface area contributed by atoms with Gasteiger partial charge >= 0.3 is 11.9 Å². The molecule has 1 saturated heterocycles. The minimum Gasteiger partial charge on any atom is -0.481 e. The quantitative estimate of drug-likeness (QED) is 0.484. The molecule has 6 nitrogen and oxygen atoms in total. The molecular weight excluding hydrogens is 324 g/mol. The zero-order chi connectivity index (χ0) is 18.0. The summed E-state index contributed by atoms with van der Waals surface area (Å²) in [6.07, 6.45) is 4.11. The van der Waals surface area contributed by atoms with Crippen LogP contribution in [0.5, 0.6) is 0 Å². The van der Waals surface area contributed by atoms with E-state index in [-0.39, 0.29) is 5.92 Å². The van der Waals surface area contributed by atoms with Crippen molar-refractivity contribution in [2.45, 2.75) is 49.9 Å². The number of fused-ring (bicyclic) bond motifs is 1. The van der Waals surface area contributed by atoms with Gasteiger partial charge in [-0.2, -0.15) is 0 Å². The number of esters is 1. The molecule has 0 aromatic rings. The van der Waals surface area contributed by atoms with Crippen molar-refractivity contribution in [1.82, 2.24) is 0 Å². The largest absolute Gasteiger partial charge is 0.481 e. The summed E-state index contributed by atoms with van der Waals surface area (Å²) >= 11 is 0. The second-order valence-corrected chi connectivity index (χ2v) is 8.94. The zero-order valence-corrected chi connectivity index (χ0v) is 14.1. The van der Waals surface area contributed by atoms with Gasteiger partial charge < -0.3 is 20.1 Å². The van der Waals surface area contributed by atoms with Crippen LogP contribution in [-0.2, 0) is 14.3 Å². The van der Waals surface area contributed by atoms with Gasteiger partial charge in [-0.25, -0.2) is 0 Å². The maximum atomic E-state index is 12.7. The summed E-state index contributed by atoms with van der Waals surface area (Å²) in [4.78, 5) is 25.1.